The van der Waals surface area contributed by atoms with Gasteiger partial charge in [0.2, 0.25) is 0 Å². The second-order valence-corrected chi connectivity index (χ2v) is 2.97. The van der Waals surface area contributed by atoms with E-state index in [9.17, 15) is 0 Å². The fourth-order valence-corrected chi connectivity index (χ4v) is 1.36. The molecular formula is C8H8ClN3O. The molecule has 0 bridgehead atoms. The first-order valence-electron chi connectivity index (χ1n) is 3.79. The summed E-state index contributed by atoms with van der Waals surface area (Å²) in [7, 11) is 1.63. The van der Waals surface area contributed by atoms with E-state index in [2.05, 4.69) is 10.1 Å². The first kappa shape index (κ1) is 8.47. The summed E-state index contributed by atoms with van der Waals surface area (Å²) in [6, 6.07) is 1.86. The fourth-order valence-electron chi connectivity index (χ4n) is 1.16. The maximum Gasteiger partial charge on any atom is 0.154 e. The summed E-state index contributed by atoms with van der Waals surface area (Å²) in [4.78, 5) is 3.94. The van der Waals surface area contributed by atoms with Crippen molar-refractivity contribution in [2.24, 2.45) is 0 Å². The van der Waals surface area contributed by atoms with Crippen LogP contribution in [0.25, 0.3) is 5.52 Å². The molecule has 0 aromatic carbocycles. The Balaban J connectivity index is 2.55. The highest BCUT2D eigenvalue weighted by Gasteiger charge is 2.04. The van der Waals surface area contributed by atoms with Crippen LogP contribution in [0.1, 0.15) is 5.69 Å². The lowest BCUT2D eigenvalue weighted by molar-refractivity contribution is 0.181. The Kier molecular flexibility index (Phi) is 2.16. The maximum atomic E-state index is 5.86. The Labute approximate surface area is 80.1 Å². The molecule has 2 heterocycles. The topological polar surface area (TPSA) is 39.4 Å². The minimum absolute atomic E-state index is 0.456. The number of aromatic nitrogens is 3. The number of rotatable bonds is 2. The molecule has 68 valence electrons. The molecule has 0 radical (unpaired) electrons. The van der Waals surface area contributed by atoms with Crippen molar-refractivity contribution in [2.75, 3.05) is 7.11 Å². The van der Waals surface area contributed by atoms with Crippen LogP contribution in [0.3, 0.4) is 0 Å². The van der Waals surface area contributed by atoms with Crippen LogP contribution in [-0.4, -0.2) is 21.7 Å². The van der Waals surface area contributed by atoms with Crippen LogP contribution in [-0.2, 0) is 11.3 Å². The molecule has 4 nitrogen and oxygen atoms in total. The summed E-state index contributed by atoms with van der Waals surface area (Å²) in [6.45, 7) is 0.484. The highest BCUT2D eigenvalue weighted by atomic mass is 35.5. The van der Waals surface area contributed by atoms with E-state index in [-0.39, 0.29) is 0 Å². The molecule has 0 aliphatic carbocycles. The van der Waals surface area contributed by atoms with Crippen LogP contribution in [0, 0.1) is 0 Å². The van der Waals surface area contributed by atoms with Crippen molar-refractivity contribution >= 4 is 17.1 Å². The average Bonchev–Trinajstić information content (AvgIpc) is 2.49. The normalized spacial score (nSPS) is 10.9. The molecule has 0 N–H and O–H groups in total. The van der Waals surface area contributed by atoms with E-state index >= 15 is 0 Å². The second kappa shape index (κ2) is 3.32. The maximum absolute atomic E-state index is 5.86. The van der Waals surface area contributed by atoms with E-state index in [1.807, 2.05) is 6.07 Å². The smallest absolute Gasteiger partial charge is 0.154 e. The summed E-state index contributed by atoms with van der Waals surface area (Å²) in [5.41, 5.74) is 1.65. The van der Waals surface area contributed by atoms with Crippen LogP contribution in [0.15, 0.2) is 18.5 Å². The minimum Gasteiger partial charge on any atom is -0.378 e. The van der Waals surface area contributed by atoms with E-state index in [1.54, 1.807) is 24.0 Å². The molecule has 2 aromatic rings. The molecule has 13 heavy (non-hydrogen) atoms. The molecule has 0 atom stereocenters. The number of nitrogens with zero attached hydrogens (tertiary/aromatic N) is 3. The van der Waals surface area contributed by atoms with Crippen LogP contribution in [0.2, 0.25) is 5.15 Å². The third-order valence-corrected chi connectivity index (χ3v) is 1.98. The molecule has 2 aromatic heterocycles. The summed E-state index contributed by atoms with van der Waals surface area (Å²) < 4.78 is 6.64. The van der Waals surface area contributed by atoms with Gasteiger partial charge in [0.1, 0.15) is 5.52 Å². The highest BCUT2D eigenvalue weighted by molar-refractivity contribution is 6.32. The molecule has 0 aliphatic heterocycles. The Morgan fingerprint density at radius 2 is 2.46 bits per heavy atom. The molecule has 0 spiro atoms. The van der Waals surface area contributed by atoms with Gasteiger partial charge in [-0.25, -0.2) is 9.50 Å². The van der Waals surface area contributed by atoms with Crippen molar-refractivity contribution in [1.29, 1.82) is 0 Å². The predicted octanol–water partition coefficient (Wildman–Crippen LogP) is 1.53. The number of hydrogen-bond donors (Lipinski definition) is 0. The summed E-state index contributed by atoms with van der Waals surface area (Å²) >= 11 is 5.86. The number of fused-ring (bicyclic) bond motifs is 1. The van der Waals surface area contributed by atoms with Crippen molar-refractivity contribution in [3.05, 3.63) is 29.3 Å². The second-order valence-electron chi connectivity index (χ2n) is 2.62. The molecular weight excluding hydrogens is 190 g/mol. The monoisotopic (exact) mass is 197 g/mol. The van der Waals surface area contributed by atoms with E-state index in [4.69, 9.17) is 16.3 Å². The molecule has 0 saturated carbocycles. The summed E-state index contributed by atoms with van der Waals surface area (Å²) in [6.07, 6.45) is 3.36. The van der Waals surface area contributed by atoms with Gasteiger partial charge in [0.15, 0.2) is 5.15 Å². The Bertz CT molecular complexity index is 426. The zero-order valence-electron chi connectivity index (χ0n) is 7.07. The van der Waals surface area contributed by atoms with Crippen molar-refractivity contribution in [1.82, 2.24) is 14.6 Å². The largest absolute Gasteiger partial charge is 0.378 e. The average molecular weight is 198 g/mol. The number of ether oxygens (including phenoxy) is 1. The number of halogens is 1. The van der Waals surface area contributed by atoms with Gasteiger partial charge in [-0.3, -0.25) is 0 Å². The van der Waals surface area contributed by atoms with Crippen molar-refractivity contribution in [3.8, 4) is 0 Å². The van der Waals surface area contributed by atoms with E-state index in [0.29, 0.717) is 11.8 Å². The standard InChI is InChI=1S/C8H8ClN3O/c1-13-5-6-4-7-8(9)10-2-3-12(7)11-6/h2-4H,5H2,1H3. The van der Waals surface area contributed by atoms with Gasteiger partial charge in [0.05, 0.1) is 12.3 Å². The van der Waals surface area contributed by atoms with Gasteiger partial charge >= 0.3 is 0 Å². The van der Waals surface area contributed by atoms with E-state index in [0.717, 1.165) is 11.2 Å². The zero-order valence-corrected chi connectivity index (χ0v) is 7.82. The molecule has 2 rings (SSSR count). The Hall–Kier alpha value is -1.13. The van der Waals surface area contributed by atoms with Gasteiger partial charge in [-0.05, 0) is 6.07 Å². The lowest BCUT2D eigenvalue weighted by Crippen LogP contribution is -1.90. The Morgan fingerprint density at radius 3 is 3.15 bits per heavy atom. The Morgan fingerprint density at radius 1 is 1.62 bits per heavy atom. The molecule has 0 amide bonds. The molecule has 0 aliphatic rings. The minimum atomic E-state index is 0.456. The van der Waals surface area contributed by atoms with Crippen molar-refractivity contribution < 1.29 is 4.74 Å². The van der Waals surface area contributed by atoms with Crippen LogP contribution >= 0.6 is 11.6 Å². The molecule has 5 heteroatoms. The van der Waals surface area contributed by atoms with Crippen LogP contribution < -0.4 is 0 Å². The highest BCUT2D eigenvalue weighted by Crippen LogP contribution is 2.14. The lowest BCUT2D eigenvalue weighted by atomic mass is 10.4. The van der Waals surface area contributed by atoms with Crippen LogP contribution in [0.5, 0.6) is 0 Å². The van der Waals surface area contributed by atoms with Crippen molar-refractivity contribution in [2.45, 2.75) is 6.61 Å². The van der Waals surface area contributed by atoms with Crippen LogP contribution in [0.4, 0.5) is 0 Å². The van der Waals surface area contributed by atoms with Crippen molar-refractivity contribution in [3.63, 3.8) is 0 Å². The third kappa shape index (κ3) is 1.50. The molecule has 0 unspecified atom stereocenters. The van der Waals surface area contributed by atoms with Gasteiger partial charge in [-0.15, -0.1) is 0 Å². The summed E-state index contributed by atoms with van der Waals surface area (Å²) in [5.74, 6) is 0. The number of methoxy groups -OCH3 is 1. The third-order valence-electron chi connectivity index (χ3n) is 1.69. The first-order valence-corrected chi connectivity index (χ1v) is 4.17. The van der Waals surface area contributed by atoms with Gasteiger partial charge in [0.25, 0.3) is 0 Å². The molecule has 0 fully saturated rings. The number of hydrogen-bond acceptors (Lipinski definition) is 3. The first-order chi connectivity index (χ1) is 6.31. The fraction of sp³-hybridized carbons (Fsp3) is 0.250. The molecule has 0 saturated heterocycles. The quantitative estimate of drug-likeness (QED) is 0.733. The zero-order chi connectivity index (χ0) is 9.26. The van der Waals surface area contributed by atoms with Gasteiger partial charge < -0.3 is 4.74 Å². The summed E-state index contributed by atoms with van der Waals surface area (Å²) in [5, 5.41) is 4.69. The van der Waals surface area contributed by atoms with Gasteiger partial charge in [-0.1, -0.05) is 11.6 Å². The lowest BCUT2D eigenvalue weighted by Gasteiger charge is -1.91. The SMILES string of the molecule is COCc1cc2c(Cl)nccn2n1. The van der Waals surface area contributed by atoms with E-state index < -0.39 is 0 Å². The van der Waals surface area contributed by atoms with Gasteiger partial charge in [0, 0.05) is 19.5 Å². The van der Waals surface area contributed by atoms with E-state index in [1.165, 1.54) is 0 Å². The predicted molar refractivity (Wildman–Crippen MR) is 48.7 cm³/mol. The van der Waals surface area contributed by atoms with Gasteiger partial charge in [-0.2, -0.15) is 5.10 Å².